The van der Waals surface area contributed by atoms with Crippen LogP contribution in [0.1, 0.15) is 41.7 Å². The number of hydrogen-bond acceptors (Lipinski definition) is 5. The minimum Gasteiger partial charge on any atom is -0.312 e. The fourth-order valence-electron chi connectivity index (χ4n) is 4.77. The highest BCUT2D eigenvalue weighted by molar-refractivity contribution is 5.86. The third kappa shape index (κ3) is 6.45. The van der Waals surface area contributed by atoms with E-state index in [1.807, 2.05) is 41.3 Å². The van der Waals surface area contributed by atoms with Crippen molar-refractivity contribution >= 4 is 11.9 Å². The van der Waals surface area contributed by atoms with Gasteiger partial charge in [-0.25, -0.2) is 4.98 Å². The number of rotatable bonds is 5. The van der Waals surface area contributed by atoms with Gasteiger partial charge >= 0.3 is 6.18 Å². The monoisotopic (exact) mass is 546 g/mol. The molecule has 5 heterocycles. The largest absolute Gasteiger partial charge is 0.416 e. The quantitative estimate of drug-likeness (QED) is 0.262. The Bertz CT molecular complexity index is 1540. The molecule has 1 aliphatic heterocycles. The highest BCUT2D eigenvalue weighted by atomic mass is 19.4. The van der Waals surface area contributed by atoms with Crippen LogP contribution in [-0.4, -0.2) is 43.0 Å². The molecule has 0 aliphatic carbocycles. The van der Waals surface area contributed by atoms with E-state index in [1.165, 1.54) is 36.3 Å². The number of pyridine rings is 2. The van der Waals surface area contributed by atoms with E-state index in [0.717, 1.165) is 36.5 Å². The van der Waals surface area contributed by atoms with Crippen molar-refractivity contribution in [3.8, 4) is 22.5 Å². The van der Waals surface area contributed by atoms with E-state index in [2.05, 4.69) is 26.6 Å². The van der Waals surface area contributed by atoms with E-state index >= 15 is 0 Å². The summed E-state index contributed by atoms with van der Waals surface area (Å²) in [5.74, 6) is 0. The number of nitrogens with one attached hydrogen (secondary N) is 1. The Morgan fingerprint density at radius 1 is 1.00 bits per heavy atom. The number of aldehydes is 1. The smallest absolute Gasteiger partial charge is 0.312 e. The van der Waals surface area contributed by atoms with Gasteiger partial charge in [-0.1, -0.05) is 49.2 Å². The zero-order chi connectivity index (χ0) is 28.0. The lowest BCUT2D eigenvalue weighted by Gasteiger charge is -2.15. The van der Waals surface area contributed by atoms with Crippen LogP contribution in [0, 0.1) is 0 Å². The molecule has 1 N–H and O–H groups in total. The maximum Gasteiger partial charge on any atom is 0.416 e. The number of carbonyl (C=O) groups is 1. The summed E-state index contributed by atoms with van der Waals surface area (Å²) in [7, 11) is 0. The van der Waals surface area contributed by atoms with Crippen LogP contribution in [0.5, 0.6) is 0 Å². The molecule has 1 aromatic carbocycles. The number of halogens is 3. The maximum absolute atomic E-state index is 12.7. The number of alkyl halides is 3. The van der Waals surface area contributed by atoms with Gasteiger partial charge in [-0.3, -0.25) is 18.9 Å². The molecule has 0 radical (unpaired) electrons. The van der Waals surface area contributed by atoms with Gasteiger partial charge in [-0.2, -0.15) is 18.3 Å². The molecule has 206 valence electrons. The zero-order valence-corrected chi connectivity index (χ0v) is 21.8. The Hall–Kier alpha value is -4.31. The fraction of sp³-hybridized carbons (Fsp3) is 0.267. The molecule has 10 heteroatoms. The van der Waals surface area contributed by atoms with Gasteiger partial charge in [-0.15, -0.1) is 0 Å². The number of nitrogens with zero attached hydrogens (tertiary/aromatic N) is 5. The Morgan fingerprint density at radius 3 is 2.58 bits per heavy atom. The number of fused-ring (bicyclic) bond motifs is 1. The number of imidazole rings is 1. The van der Waals surface area contributed by atoms with Crippen molar-refractivity contribution in [3.05, 3.63) is 96.7 Å². The average molecular weight is 547 g/mol. The molecule has 4 aromatic heterocycles. The summed E-state index contributed by atoms with van der Waals surface area (Å²) < 4.78 is 41.6. The summed E-state index contributed by atoms with van der Waals surface area (Å²) in [4.78, 5) is 19.8. The molecule has 0 unspecified atom stereocenters. The lowest BCUT2D eigenvalue weighted by atomic mass is 10.1. The van der Waals surface area contributed by atoms with E-state index < -0.39 is 11.7 Å². The Morgan fingerprint density at radius 2 is 1.82 bits per heavy atom. The van der Waals surface area contributed by atoms with Gasteiger partial charge in [0.2, 0.25) is 0 Å². The molecule has 5 aromatic rings. The summed E-state index contributed by atoms with van der Waals surface area (Å²) in [5, 5.41) is 8.06. The Kier molecular flexibility index (Phi) is 8.35. The van der Waals surface area contributed by atoms with Crippen LogP contribution in [-0.2, 0) is 12.7 Å². The maximum atomic E-state index is 12.7. The topological polar surface area (TPSA) is 77.1 Å². The lowest BCUT2D eigenvalue weighted by Crippen LogP contribution is -2.32. The first kappa shape index (κ1) is 27.3. The molecule has 0 saturated carbocycles. The molecular weight excluding hydrogens is 517 g/mol. The second kappa shape index (κ2) is 12.3. The molecule has 6 rings (SSSR count). The van der Waals surface area contributed by atoms with Gasteiger partial charge in [0, 0.05) is 35.8 Å². The number of aromatic nitrogens is 5. The van der Waals surface area contributed by atoms with Gasteiger partial charge in [-0.05, 0) is 43.7 Å². The van der Waals surface area contributed by atoms with Crippen LogP contribution in [0.3, 0.4) is 0 Å². The molecule has 1 aliphatic rings. The summed E-state index contributed by atoms with van der Waals surface area (Å²) in [6.07, 6.45) is 8.40. The van der Waals surface area contributed by atoms with Crippen LogP contribution in [0.25, 0.3) is 28.2 Å². The van der Waals surface area contributed by atoms with Crippen molar-refractivity contribution in [2.24, 2.45) is 0 Å². The molecule has 0 amide bonds. The predicted octanol–water partition coefficient (Wildman–Crippen LogP) is 6.31. The van der Waals surface area contributed by atoms with Gasteiger partial charge in [0.05, 0.1) is 24.0 Å². The minimum absolute atomic E-state index is 0.0887. The van der Waals surface area contributed by atoms with Crippen molar-refractivity contribution in [1.82, 2.24) is 29.5 Å². The van der Waals surface area contributed by atoms with E-state index in [-0.39, 0.29) is 11.3 Å². The zero-order valence-electron chi connectivity index (χ0n) is 21.8. The molecule has 40 heavy (non-hydrogen) atoms. The van der Waals surface area contributed by atoms with Crippen LogP contribution in [0.2, 0.25) is 0 Å². The molecular formula is C30H29F3N6O. The highest BCUT2D eigenvalue weighted by Gasteiger charge is 2.31. The lowest BCUT2D eigenvalue weighted by molar-refractivity contribution is -0.137. The van der Waals surface area contributed by atoms with Crippen molar-refractivity contribution in [1.29, 1.82) is 0 Å². The third-order valence-corrected chi connectivity index (χ3v) is 6.81. The van der Waals surface area contributed by atoms with Crippen molar-refractivity contribution in [2.75, 3.05) is 6.54 Å². The SMILES string of the molecule is O=Cc1c(-c2ccccc2)nc2cc(C(F)(F)F)ccn12.c1ccc(-c2cnn(C[C@@H]3CCCCCN3)c2)nc1. The first-order chi connectivity index (χ1) is 19.4. The predicted molar refractivity (Wildman–Crippen MR) is 147 cm³/mol. The second-order valence-corrected chi connectivity index (χ2v) is 9.64. The molecule has 1 atom stereocenters. The van der Waals surface area contributed by atoms with Crippen LogP contribution in [0.4, 0.5) is 13.2 Å². The van der Waals surface area contributed by atoms with Gasteiger partial charge in [0.15, 0.2) is 6.29 Å². The molecule has 1 saturated heterocycles. The third-order valence-electron chi connectivity index (χ3n) is 6.81. The highest BCUT2D eigenvalue weighted by Crippen LogP contribution is 2.31. The van der Waals surface area contributed by atoms with Crippen molar-refractivity contribution in [2.45, 2.75) is 44.4 Å². The first-order valence-electron chi connectivity index (χ1n) is 13.2. The number of hydrogen-bond donors (Lipinski definition) is 1. The summed E-state index contributed by atoms with van der Waals surface area (Å²) >= 11 is 0. The van der Waals surface area contributed by atoms with Crippen LogP contribution in [0.15, 0.2) is 85.5 Å². The molecule has 0 spiro atoms. The first-order valence-corrected chi connectivity index (χ1v) is 13.2. The summed E-state index contributed by atoms with van der Waals surface area (Å²) in [6, 6.07) is 17.2. The molecule has 7 nitrogen and oxygen atoms in total. The van der Waals surface area contributed by atoms with Crippen LogP contribution >= 0.6 is 0 Å². The van der Waals surface area contributed by atoms with Gasteiger partial charge < -0.3 is 5.32 Å². The average Bonchev–Trinajstić information content (AvgIpc) is 3.50. The number of benzene rings is 1. The Labute approximate surface area is 229 Å². The molecule has 0 bridgehead atoms. The van der Waals surface area contributed by atoms with Crippen molar-refractivity contribution < 1.29 is 18.0 Å². The van der Waals surface area contributed by atoms with Crippen molar-refractivity contribution in [3.63, 3.8) is 0 Å². The Balaban J connectivity index is 0.000000162. The summed E-state index contributed by atoms with van der Waals surface area (Å²) in [6.45, 7) is 2.09. The minimum atomic E-state index is -4.44. The van der Waals surface area contributed by atoms with Crippen LogP contribution < -0.4 is 5.32 Å². The second-order valence-electron chi connectivity index (χ2n) is 9.64. The van der Waals surface area contributed by atoms with E-state index in [9.17, 15) is 18.0 Å². The normalized spacial score (nSPS) is 15.7. The molecule has 1 fully saturated rings. The van der Waals surface area contributed by atoms with Gasteiger partial charge in [0.25, 0.3) is 0 Å². The van der Waals surface area contributed by atoms with E-state index in [0.29, 0.717) is 23.6 Å². The summed E-state index contributed by atoms with van der Waals surface area (Å²) in [5.41, 5.74) is 2.64. The fourth-order valence-corrected chi connectivity index (χ4v) is 4.77. The standard InChI is InChI=1S/C15H9F3N2O.C15H20N4/c16-15(17,18)11-6-7-20-12(9-21)14(19-13(20)8-11)10-4-2-1-3-5-10;1-2-6-14(16-8-4-1)12-19-11-13(10-18-19)15-7-3-5-9-17-15/h1-9H;3,5,7,9-11,14,16H,1-2,4,6,8,12H2/t;14-/m.0/s1. The van der Waals surface area contributed by atoms with E-state index in [1.54, 1.807) is 24.3 Å². The van der Waals surface area contributed by atoms with Gasteiger partial charge in [0.1, 0.15) is 17.0 Å². The number of carbonyl (C=O) groups excluding carboxylic acids is 1. The van der Waals surface area contributed by atoms with E-state index in [4.69, 9.17) is 0 Å².